The van der Waals surface area contributed by atoms with Gasteiger partial charge in [0.2, 0.25) is 0 Å². The van der Waals surface area contributed by atoms with Gasteiger partial charge in [0.25, 0.3) is 0 Å². The summed E-state index contributed by atoms with van der Waals surface area (Å²) in [7, 11) is 0. The van der Waals surface area contributed by atoms with Gasteiger partial charge in [-0.3, -0.25) is 5.32 Å². The van der Waals surface area contributed by atoms with Crippen molar-refractivity contribution < 1.29 is 14.4 Å². The fourth-order valence-electron chi connectivity index (χ4n) is 1.94. The van der Waals surface area contributed by atoms with Crippen molar-refractivity contribution in [3.05, 3.63) is 36.4 Å². The van der Waals surface area contributed by atoms with Gasteiger partial charge in [0.15, 0.2) is 11.6 Å². The van der Waals surface area contributed by atoms with E-state index in [1.165, 1.54) is 0 Å². The molecule has 0 spiro atoms. The van der Waals surface area contributed by atoms with E-state index in [1.54, 1.807) is 6.07 Å². The van der Waals surface area contributed by atoms with Gasteiger partial charge in [-0.2, -0.15) is 0 Å². The lowest BCUT2D eigenvalue weighted by Gasteiger charge is -2.15. The SMILES string of the molecule is CC[C@H](CCO)NC(=O)Nc1cc(-c2ccccc2)on1. The van der Waals surface area contributed by atoms with Crippen LogP contribution in [-0.4, -0.2) is 28.9 Å². The number of nitrogens with one attached hydrogen (secondary N) is 2. The molecule has 2 aromatic rings. The molecule has 3 N–H and O–H groups in total. The average Bonchev–Trinajstić information content (AvgIpc) is 2.96. The van der Waals surface area contributed by atoms with E-state index in [-0.39, 0.29) is 18.7 Å². The van der Waals surface area contributed by atoms with Gasteiger partial charge in [-0.05, 0) is 12.8 Å². The summed E-state index contributed by atoms with van der Waals surface area (Å²) in [6.07, 6.45) is 1.28. The predicted molar refractivity (Wildman–Crippen MR) is 79.9 cm³/mol. The normalized spacial score (nSPS) is 11.9. The molecule has 6 nitrogen and oxygen atoms in total. The van der Waals surface area contributed by atoms with Crippen LogP contribution in [0.1, 0.15) is 19.8 Å². The Morgan fingerprint density at radius 1 is 1.38 bits per heavy atom. The number of nitrogens with zero attached hydrogens (tertiary/aromatic N) is 1. The van der Waals surface area contributed by atoms with Crippen LogP contribution in [0.25, 0.3) is 11.3 Å². The molecule has 0 aliphatic heterocycles. The van der Waals surface area contributed by atoms with Crippen LogP contribution >= 0.6 is 0 Å². The van der Waals surface area contributed by atoms with Crippen molar-refractivity contribution in [1.82, 2.24) is 10.5 Å². The van der Waals surface area contributed by atoms with Crippen molar-refractivity contribution in [2.75, 3.05) is 11.9 Å². The second-order valence-corrected chi connectivity index (χ2v) is 4.66. The minimum Gasteiger partial charge on any atom is -0.396 e. The number of aliphatic hydroxyl groups excluding tert-OH is 1. The number of benzene rings is 1. The van der Waals surface area contributed by atoms with Crippen LogP contribution in [0.3, 0.4) is 0 Å². The number of carbonyl (C=O) groups is 1. The van der Waals surface area contributed by atoms with Crippen molar-refractivity contribution in [3.63, 3.8) is 0 Å². The molecule has 0 aliphatic rings. The Balaban J connectivity index is 1.95. The minimum atomic E-state index is -0.358. The zero-order chi connectivity index (χ0) is 15.1. The maximum absolute atomic E-state index is 11.8. The molecule has 1 heterocycles. The van der Waals surface area contributed by atoms with E-state index in [0.717, 1.165) is 12.0 Å². The molecule has 6 heteroatoms. The fourth-order valence-corrected chi connectivity index (χ4v) is 1.94. The highest BCUT2D eigenvalue weighted by molar-refractivity contribution is 5.88. The minimum absolute atomic E-state index is 0.0426. The summed E-state index contributed by atoms with van der Waals surface area (Å²) in [5.74, 6) is 0.943. The second-order valence-electron chi connectivity index (χ2n) is 4.66. The smallest absolute Gasteiger partial charge is 0.320 e. The second kappa shape index (κ2) is 7.44. The quantitative estimate of drug-likeness (QED) is 0.763. The Bertz CT molecular complexity index is 569. The van der Waals surface area contributed by atoms with Gasteiger partial charge in [-0.25, -0.2) is 4.79 Å². The first kappa shape index (κ1) is 15.1. The summed E-state index contributed by atoms with van der Waals surface area (Å²) in [5, 5.41) is 18.1. The van der Waals surface area contributed by atoms with E-state index in [0.29, 0.717) is 18.0 Å². The van der Waals surface area contributed by atoms with Crippen molar-refractivity contribution in [2.45, 2.75) is 25.8 Å². The van der Waals surface area contributed by atoms with Crippen LogP contribution in [0.2, 0.25) is 0 Å². The summed E-state index contributed by atoms with van der Waals surface area (Å²) in [6, 6.07) is 10.8. The Hall–Kier alpha value is -2.34. The number of aliphatic hydroxyl groups is 1. The van der Waals surface area contributed by atoms with Crippen LogP contribution < -0.4 is 10.6 Å². The molecule has 112 valence electrons. The molecule has 0 aliphatic carbocycles. The standard InChI is InChI=1S/C15H19N3O3/c1-2-12(8-9-19)16-15(20)17-14-10-13(21-18-14)11-6-4-3-5-7-11/h3-7,10,12,19H,2,8-9H2,1H3,(H2,16,17,18,20)/t12-/m1/s1. The molecular formula is C15H19N3O3. The van der Waals surface area contributed by atoms with Gasteiger partial charge >= 0.3 is 6.03 Å². The number of urea groups is 1. The third-order valence-electron chi connectivity index (χ3n) is 3.12. The van der Waals surface area contributed by atoms with Crippen LogP contribution in [-0.2, 0) is 0 Å². The van der Waals surface area contributed by atoms with Gasteiger partial charge in [0.1, 0.15) is 0 Å². The predicted octanol–water partition coefficient (Wildman–Crippen LogP) is 2.62. The number of anilines is 1. The van der Waals surface area contributed by atoms with Gasteiger partial charge in [-0.1, -0.05) is 42.4 Å². The monoisotopic (exact) mass is 289 g/mol. The van der Waals surface area contributed by atoms with Crippen molar-refractivity contribution >= 4 is 11.8 Å². The average molecular weight is 289 g/mol. The lowest BCUT2D eigenvalue weighted by atomic mass is 10.1. The Morgan fingerprint density at radius 3 is 2.81 bits per heavy atom. The van der Waals surface area contributed by atoms with Crippen LogP contribution in [0.5, 0.6) is 0 Å². The molecule has 0 saturated carbocycles. The van der Waals surface area contributed by atoms with E-state index >= 15 is 0 Å². The van der Waals surface area contributed by atoms with Gasteiger partial charge in [0, 0.05) is 24.3 Å². The van der Waals surface area contributed by atoms with Crippen LogP contribution in [0.15, 0.2) is 40.9 Å². The van der Waals surface area contributed by atoms with Crippen LogP contribution in [0, 0.1) is 0 Å². The Kier molecular flexibility index (Phi) is 5.34. The summed E-state index contributed by atoms with van der Waals surface area (Å²) in [4.78, 5) is 11.8. The number of hydrogen-bond acceptors (Lipinski definition) is 4. The number of amides is 2. The molecule has 1 atom stereocenters. The first-order chi connectivity index (χ1) is 10.2. The fraction of sp³-hybridized carbons (Fsp3) is 0.333. The Morgan fingerprint density at radius 2 is 2.14 bits per heavy atom. The number of hydrogen-bond donors (Lipinski definition) is 3. The maximum atomic E-state index is 11.8. The molecule has 0 bridgehead atoms. The summed E-state index contributed by atoms with van der Waals surface area (Å²) < 4.78 is 5.20. The molecule has 2 amide bonds. The molecule has 21 heavy (non-hydrogen) atoms. The van der Waals surface area contributed by atoms with Gasteiger partial charge in [0.05, 0.1) is 0 Å². The van der Waals surface area contributed by atoms with E-state index in [4.69, 9.17) is 9.63 Å². The van der Waals surface area contributed by atoms with E-state index in [9.17, 15) is 4.79 Å². The zero-order valence-corrected chi connectivity index (χ0v) is 11.9. The highest BCUT2D eigenvalue weighted by atomic mass is 16.5. The van der Waals surface area contributed by atoms with Gasteiger partial charge in [-0.15, -0.1) is 0 Å². The molecule has 2 rings (SSSR count). The number of carbonyl (C=O) groups excluding carboxylic acids is 1. The zero-order valence-electron chi connectivity index (χ0n) is 11.9. The van der Waals surface area contributed by atoms with Crippen molar-refractivity contribution in [1.29, 1.82) is 0 Å². The van der Waals surface area contributed by atoms with E-state index in [1.807, 2.05) is 37.3 Å². The molecule has 0 radical (unpaired) electrons. The highest BCUT2D eigenvalue weighted by Gasteiger charge is 2.12. The van der Waals surface area contributed by atoms with E-state index < -0.39 is 0 Å². The Labute approximate surface area is 123 Å². The molecule has 1 aromatic heterocycles. The largest absolute Gasteiger partial charge is 0.396 e. The third-order valence-corrected chi connectivity index (χ3v) is 3.12. The topological polar surface area (TPSA) is 87.4 Å². The lowest BCUT2D eigenvalue weighted by molar-refractivity contribution is 0.237. The first-order valence-corrected chi connectivity index (χ1v) is 6.93. The summed E-state index contributed by atoms with van der Waals surface area (Å²) in [5.41, 5.74) is 0.894. The van der Waals surface area contributed by atoms with Gasteiger partial charge < -0.3 is 14.9 Å². The molecule has 0 fully saturated rings. The molecule has 1 aromatic carbocycles. The molecule has 0 saturated heterocycles. The van der Waals surface area contributed by atoms with E-state index in [2.05, 4.69) is 15.8 Å². The first-order valence-electron chi connectivity index (χ1n) is 6.93. The molecule has 0 unspecified atom stereocenters. The summed E-state index contributed by atoms with van der Waals surface area (Å²) in [6.45, 7) is 1.99. The molecular weight excluding hydrogens is 270 g/mol. The maximum Gasteiger partial charge on any atom is 0.320 e. The van der Waals surface area contributed by atoms with Crippen molar-refractivity contribution in [3.8, 4) is 11.3 Å². The summed E-state index contributed by atoms with van der Waals surface area (Å²) >= 11 is 0. The highest BCUT2D eigenvalue weighted by Crippen LogP contribution is 2.21. The third kappa shape index (κ3) is 4.32. The van der Waals surface area contributed by atoms with Crippen molar-refractivity contribution in [2.24, 2.45) is 0 Å². The lowest BCUT2D eigenvalue weighted by Crippen LogP contribution is -2.38. The number of aromatic nitrogens is 1. The number of rotatable bonds is 6. The van der Waals surface area contributed by atoms with Crippen LogP contribution in [0.4, 0.5) is 10.6 Å².